The number of benzene rings is 2. The van der Waals surface area contributed by atoms with Crippen molar-refractivity contribution < 1.29 is 5.11 Å². The van der Waals surface area contributed by atoms with Gasteiger partial charge in [-0.2, -0.15) is 0 Å². The molecule has 6 rings (SSSR count). The van der Waals surface area contributed by atoms with Gasteiger partial charge in [-0.05, 0) is 67.1 Å². The van der Waals surface area contributed by atoms with E-state index in [1.807, 2.05) is 30.5 Å². The van der Waals surface area contributed by atoms with E-state index in [1.54, 1.807) is 0 Å². The molecule has 1 fully saturated rings. The Morgan fingerprint density at radius 3 is 2.58 bits per heavy atom. The second-order valence-electron chi connectivity index (χ2n) is 8.97. The molecule has 3 aromatic heterocycles. The number of hydrogen-bond donors (Lipinski definition) is 3. The third kappa shape index (κ3) is 3.71. The fourth-order valence-corrected chi connectivity index (χ4v) is 4.91. The first-order chi connectivity index (χ1) is 16.2. The summed E-state index contributed by atoms with van der Waals surface area (Å²) in [7, 11) is 0. The molecule has 3 heterocycles. The van der Waals surface area contributed by atoms with E-state index in [4.69, 9.17) is 0 Å². The highest BCUT2D eigenvalue weighted by atomic mass is 16.3. The Morgan fingerprint density at radius 1 is 0.879 bits per heavy atom. The minimum Gasteiger partial charge on any atom is -0.378 e. The lowest BCUT2D eigenvalue weighted by Crippen LogP contribution is -2.29. The Balaban J connectivity index is 1.43. The van der Waals surface area contributed by atoms with Gasteiger partial charge in [0.1, 0.15) is 11.2 Å². The molecule has 162 valence electrons. The molecule has 0 bridgehead atoms. The maximum absolute atomic E-state index is 10.8. The van der Waals surface area contributed by atoms with Crippen LogP contribution in [0, 0.1) is 11.8 Å². The summed E-state index contributed by atoms with van der Waals surface area (Å²) in [6.45, 7) is 0. The van der Waals surface area contributed by atoms with Gasteiger partial charge in [0.25, 0.3) is 0 Å². The number of rotatable bonds is 2. The number of pyridine rings is 1. The second-order valence-corrected chi connectivity index (χ2v) is 8.97. The van der Waals surface area contributed by atoms with E-state index in [0.717, 1.165) is 75.6 Å². The molecule has 0 spiro atoms. The van der Waals surface area contributed by atoms with Crippen LogP contribution in [0.1, 0.15) is 37.7 Å². The van der Waals surface area contributed by atoms with Gasteiger partial charge in [-0.1, -0.05) is 48.6 Å². The molecule has 0 amide bonds. The largest absolute Gasteiger partial charge is 0.378 e. The molecular formula is C29H25N3O. The standard InChI is InChI=1S/C29H25N3O/c33-29(13-5-2-6-14-29)15-11-20-9-10-26-23(17-20)25(19-31-26)22-12-16-30-28-24(22)18-27(32-28)21-7-3-1-4-8-21/h1,3-4,7-10,12,16-19,31,33H,2,5-6,13-14H2,(H,30,32). The molecule has 0 aliphatic heterocycles. The number of nitrogens with zero attached hydrogens (tertiary/aromatic N) is 1. The van der Waals surface area contributed by atoms with Crippen molar-refractivity contribution in [2.45, 2.75) is 37.7 Å². The van der Waals surface area contributed by atoms with Gasteiger partial charge in [-0.25, -0.2) is 4.98 Å². The Labute approximate surface area is 192 Å². The molecular weight excluding hydrogens is 406 g/mol. The quantitative estimate of drug-likeness (QED) is 0.282. The molecule has 0 saturated heterocycles. The summed E-state index contributed by atoms with van der Waals surface area (Å²) in [4.78, 5) is 11.4. The summed E-state index contributed by atoms with van der Waals surface area (Å²) in [6, 6.07) is 20.8. The van der Waals surface area contributed by atoms with Crippen LogP contribution >= 0.6 is 0 Å². The fraction of sp³-hybridized carbons (Fsp3) is 0.207. The Morgan fingerprint density at radius 2 is 1.73 bits per heavy atom. The van der Waals surface area contributed by atoms with Crippen molar-refractivity contribution in [2.24, 2.45) is 0 Å². The molecule has 33 heavy (non-hydrogen) atoms. The van der Waals surface area contributed by atoms with Crippen molar-refractivity contribution >= 4 is 21.9 Å². The predicted molar refractivity (Wildman–Crippen MR) is 134 cm³/mol. The number of aromatic nitrogens is 3. The predicted octanol–water partition coefficient (Wildman–Crippen LogP) is 6.42. The molecule has 1 saturated carbocycles. The van der Waals surface area contributed by atoms with Crippen molar-refractivity contribution in [2.75, 3.05) is 0 Å². The van der Waals surface area contributed by atoms with E-state index in [1.165, 1.54) is 6.42 Å². The highest BCUT2D eigenvalue weighted by Gasteiger charge is 2.26. The smallest absolute Gasteiger partial charge is 0.138 e. The highest BCUT2D eigenvalue weighted by molar-refractivity contribution is 6.05. The monoisotopic (exact) mass is 431 g/mol. The van der Waals surface area contributed by atoms with Gasteiger partial charge >= 0.3 is 0 Å². The SMILES string of the molecule is OC1(C#Cc2ccc3[nH]cc(-c4ccnc5[nH]c(-c6ccccc6)cc45)c3c2)CCCCC1. The second kappa shape index (κ2) is 7.95. The Hall–Kier alpha value is -3.81. The number of H-pyrrole nitrogens is 2. The zero-order chi connectivity index (χ0) is 22.3. The van der Waals surface area contributed by atoms with Crippen molar-refractivity contribution in [1.29, 1.82) is 0 Å². The van der Waals surface area contributed by atoms with Gasteiger partial charge in [0, 0.05) is 45.5 Å². The van der Waals surface area contributed by atoms with Crippen molar-refractivity contribution in [3.63, 3.8) is 0 Å². The van der Waals surface area contributed by atoms with Gasteiger partial charge in [0.15, 0.2) is 0 Å². The van der Waals surface area contributed by atoms with Crippen LogP contribution < -0.4 is 0 Å². The average molecular weight is 432 g/mol. The molecule has 2 aromatic carbocycles. The van der Waals surface area contributed by atoms with Gasteiger partial charge in [0.2, 0.25) is 0 Å². The van der Waals surface area contributed by atoms with Gasteiger partial charge in [-0.15, -0.1) is 0 Å². The fourth-order valence-electron chi connectivity index (χ4n) is 4.91. The van der Waals surface area contributed by atoms with E-state index in [-0.39, 0.29) is 0 Å². The zero-order valence-electron chi connectivity index (χ0n) is 18.4. The zero-order valence-corrected chi connectivity index (χ0v) is 18.4. The number of aliphatic hydroxyl groups is 1. The summed E-state index contributed by atoms with van der Waals surface area (Å²) in [5, 5.41) is 13.0. The minimum atomic E-state index is -0.843. The molecule has 4 heteroatoms. The molecule has 0 atom stereocenters. The summed E-state index contributed by atoms with van der Waals surface area (Å²) in [6.07, 6.45) is 8.73. The summed E-state index contributed by atoms with van der Waals surface area (Å²) in [5.41, 5.74) is 6.45. The normalized spacial score (nSPS) is 15.4. The molecule has 1 aliphatic rings. The summed E-state index contributed by atoms with van der Waals surface area (Å²) < 4.78 is 0. The highest BCUT2D eigenvalue weighted by Crippen LogP contribution is 2.35. The van der Waals surface area contributed by atoms with Crippen LogP contribution in [0.25, 0.3) is 44.3 Å². The van der Waals surface area contributed by atoms with E-state index >= 15 is 0 Å². The summed E-state index contributed by atoms with van der Waals surface area (Å²) >= 11 is 0. The van der Waals surface area contributed by atoms with Crippen LogP contribution in [0.5, 0.6) is 0 Å². The van der Waals surface area contributed by atoms with E-state index in [9.17, 15) is 5.11 Å². The van der Waals surface area contributed by atoms with Crippen LogP contribution in [-0.2, 0) is 0 Å². The maximum atomic E-state index is 10.8. The van der Waals surface area contributed by atoms with Crippen molar-refractivity contribution in [1.82, 2.24) is 15.0 Å². The van der Waals surface area contributed by atoms with Crippen molar-refractivity contribution in [3.8, 4) is 34.2 Å². The van der Waals surface area contributed by atoms with Gasteiger partial charge in [-0.3, -0.25) is 0 Å². The lowest BCUT2D eigenvalue weighted by atomic mass is 9.85. The first kappa shape index (κ1) is 19.8. The number of nitrogens with one attached hydrogen (secondary N) is 2. The van der Waals surface area contributed by atoms with Crippen LogP contribution in [0.3, 0.4) is 0 Å². The molecule has 5 aromatic rings. The van der Waals surface area contributed by atoms with Crippen molar-refractivity contribution in [3.05, 3.63) is 78.6 Å². The maximum Gasteiger partial charge on any atom is 0.138 e. The van der Waals surface area contributed by atoms with Crippen LogP contribution in [0.4, 0.5) is 0 Å². The van der Waals surface area contributed by atoms with E-state index < -0.39 is 5.60 Å². The van der Waals surface area contributed by atoms with E-state index in [0.29, 0.717) is 0 Å². The lowest BCUT2D eigenvalue weighted by molar-refractivity contribution is 0.0610. The van der Waals surface area contributed by atoms with Crippen LogP contribution in [-0.4, -0.2) is 25.7 Å². The molecule has 1 aliphatic carbocycles. The van der Waals surface area contributed by atoms with Gasteiger partial charge < -0.3 is 15.1 Å². The first-order valence-electron chi connectivity index (χ1n) is 11.6. The first-order valence-corrected chi connectivity index (χ1v) is 11.6. The number of hydrogen-bond acceptors (Lipinski definition) is 2. The molecule has 0 unspecified atom stereocenters. The Kier molecular flexibility index (Phi) is 4.78. The van der Waals surface area contributed by atoms with Gasteiger partial charge in [0.05, 0.1) is 0 Å². The van der Waals surface area contributed by atoms with E-state index in [2.05, 4.69) is 69.4 Å². The van der Waals surface area contributed by atoms with Crippen LogP contribution in [0.15, 0.2) is 73.1 Å². The number of aromatic amines is 2. The van der Waals surface area contributed by atoms with Crippen LogP contribution in [0.2, 0.25) is 0 Å². The molecule has 0 radical (unpaired) electrons. The molecule has 3 N–H and O–H groups in total. The third-order valence-corrected chi connectivity index (χ3v) is 6.71. The Bertz CT molecular complexity index is 1510. The number of fused-ring (bicyclic) bond motifs is 2. The average Bonchev–Trinajstić information content (AvgIpc) is 3.48. The lowest BCUT2D eigenvalue weighted by Gasteiger charge is -2.26. The topological polar surface area (TPSA) is 64.7 Å². The minimum absolute atomic E-state index is 0.768. The summed E-state index contributed by atoms with van der Waals surface area (Å²) in [5.74, 6) is 6.41. The molecule has 4 nitrogen and oxygen atoms in total. The third-order valence-electron chi connectivity index (χ3n) is 6.71.